The van der Waals surface area contributed by atoms with Crippen LogP contribution in [0.2, 0.25) is 0 Å². The van der Waals surface area contributed by atoms with Crippen LogP contribution in [0.5, 0.6) is 0 Å². The van der Waals surface area contributed by atoms with Gasteiger partial charge >= 0.3 is 0 Å². The molecular formula is C7H7N2OS. The van der Waals surface area contributed by atoms with Crippen molar-refractivity contribution >= 4 is 28.3 Å². The highest BCUT2D eigenvalue weighted by Crippen LogP contribution is 2.17. The van der Waals surface area contributed by atoms with E-state index >= 15 is 0 Å². The van der Waals surface area contributed by atoms with Gasteiger partial charge in [-0.15, -0.1) is 11.3 Å². The summed E-state index contributed by atoms with van der Waals surface area (Å²) in [5, 5.41) is 2.20. The number of allylic oxidation sites excluding steroid dienone is 2. The maximum absolute atomic E-state index is 10.3. The number of aromatic nitrogens is 1. The van der Waals surface area contributed by atoms with E-state index in [-0.39, 0.29) is 0 Å². The molecule has 57 valence electrons. The molecule has 1 aromatic rings. The van der Waals surface area contributed by atoms with Crippen molar-refractivity contribution in [2.24, 2.45) is 0 Å². The second-order valence-corrected chi connectivity index (χ2v) is 2.77. The molecule has 4 heteroatoms. The summed E-state index contributed by atoms with van der Waals surface area (Å²) in [6.07, 6.45) is 3.44. The number of carbonyl (C=O) groups excluding carboxylic acids is 1. The first kappa shape index (κ1) is 7.94. The SMILES string of the molecule is C/C=C(\[C]=O)c1csc(N)n1. The molecule has 0 atom stereocenters. The molecular weight excluding hydrogens is 160 g/mol. The number of nitrogens with zero attached hydrogens (tertiary/aromatic N) is 1. The van der Waals surface area contributed by atoms with Crippen molar-refractivity contribution in [2.45, 2.75) is 6.92 Å². The zero-order chi connectivity index (χ0) is 8.27. The van der Waals surface area contributed by atoms with Gasteiger partial charge in [0.25, 0.3) is 0 Å². The van der Waals surface area contributed by atoms with Gasteiger partial charge in [-0.25, -0.2) is 4.98 Å². The minimum absolute atomic E-state index is 0.456. The van der Waals surface area contributed by atoms with Crippen LogP contribution in [-0.2, 0) is 4.79 Å². The molecule has 0 spiro atoms. The normalized spacial score (nSPS) is 11.5. The van der Waals surface area contributed by atoms with E-state index in [2.05, 4.69) is 4.98 Å². The molecule has 0 aromatic carbocycles. The van der Waals surface area contributed by atoms with Gasteiger partial charge in [0, 0.05) is 11.0 Å². The van der Waals surface area contributed by atoms with Crippen LogP contribution in [0, 0.1) is 0 Å². The topological polar surface area (TPSA) is 56.0 Å². The number of anilines is 1. The summed E-state index contributed by atoms with van der Waals surface area (Å²) in [4.78, 5) is 14.2. The summed E-state index contributed by atoms with van der Waals surface area (Å²) >= 11 is 1.31. The van der Waals surface area contributed by atoms with Crippen LogP contribution in [0.4, 0.5) is 5.13 Å². The highest BCUT2D eigenvalue weighted by atomic mass is 32.1. The standard InChI is InChI=1S/C7H7N2OS/c1-2-5(3-10)6-4-11-7(8)9-6/h2,4H,1H3,(H2,8,9)/b5-2+. The fraction of sp³-hybridized carbons (Fsp3) is 0.143. The molecule has 2 N–H and O–H groups in total. The Morgan fingerprint density at radius 3 is 3.00 bits per heavy atom. The molecule has 0 saturated carbocycles. The summed E-state index contributed by atoms with van der Waals surface area (Å²) in [6, 6.07) is 0. The monoisotopic (exact) mass is 167 g/mol. The van der Waals surface area contributed by atoms with Crippen LogP contribution in [0.15, 0.2) is 11.5 Å². The second kappa shape index (κ2) is 3.30. The lowest BCUT2D eigenvalue weighted by Gasteiger charge is -1.87. The van der Waals surface area contributed by atoms with Crippen LogP contribution in [0.1, 0.15) is 12.6 Å². The summed E-state index contributed by atoms with van der Waals surface area (Å²) in [6.45, 7) is 1.76. The Labute approximate surface area is 68.6 Å². The van der Waals surface area contributed by atoms with Crippen molar-refractivity contribution in [2.75, 3.05) is 5.73 Å². The summed E-state index contributed by atoms with van der Waals surface area (Å²) < 4.78 is 0. The Bertz CT molecular complexity index is 290. The van der Waals surface area contributed by atoms with Gasteiger partial charge < -0.3 is 5.73 Å². The van der Waals surface area contributed by atoms with Gasteiger partial charge in [0.1, 0.15) is 0 Å². The van der Waals surface area contributed by atoms with E-state index in [1.165, 1.54) is 11.3 Å². The molecule has 11 heavy (non-hydrogen) atoms. The molecule has 0 bridgehead atoms. The second-order valence-electron chi connectivity index (χ2n) is 1.88. The molecule has 1 heterocycles. The first-order valence-electron chi connectivity index (χ1n) is 3.03. The molecule has 0 aliphatic carbocycles. The number of hydrogen-bond donors (Lipinski definition) is 1. The van der Waals surface area contributed by atoms with Gasteiger partial charge in [-0.2, -0.15) is 0 Å². The first-order valence-corrected chi connectivity index (χ1v) is 3.91. The molecule has 0 aliphatic rings. The van der Waals surface area contributed by atoms with Gasteiger partial charge in [-0.3, -0.25) is 4.79 Å². The van der Waals surface area contributed by atoms with E-state index in [1.807, 2.05) is 0 Å². The molecule has 1 radical (unpaired) electrons. The number of thiazole rings is 1. The van der Waals surface area contributed by atoms with E-state index < -0.39 is 0 Å². The van der Waals surface area contributed by atoms with Gasteiger partial charge in [0.15, 0.2) is 5.13 Å². The van der Waals surface area contributed by atoms with Crippen LogP contribution in [-0.4, -0.2) is 11.3 Å². The Morgan fingerprint density at radius 1 is 1.91 bits per heavy atom. The fourth-order valence-corrected chi connectivity index (χ4v) is 1.23. The van der Waals surface area contributed by atoms with Gasteiger partial charge in [0.2, 0.25) is 6.29 Å². The predicted molar refractivity (Wildman–Crippen MR) is 45.9 cm³/mol. The molecule has 3 nitrogen and oxygen atoms in total. The molecule has 0 aliphatic heterocycles. The van der Waals surface area contributed by atoms with Crippen LogP contribution in [0.25, 0.3) is 5.57 Å². The van der Waals surface area contributed by atoms with Crippen molar-refractivity contribution in [1.29, 1.82) is 0 Å². The number of rotatable bonds is 2. The molecule has 0 unspecified atom stereocenters. The molecule has 0 saturated heterocycles. The Morgan fingerprint density at radius 2 is 2.64 bits per heavy atom. The lowest BCUT2D eigenvalue weighted by molar-refractivity contribution is 0.565. The Hall–Kier alpha value is -1.16. The predicted octanol–water partition coefficient (Wildman–Crippen LogP) is 1.24. The summed E-state index contributed by atoms with van der Waals surface area (Å²) in [5.74, 6) is 0. The van der Waals surface area contributed by atoms with Crippen molar-refractivity contribution < 1.29 is 4.79 Å². The van der Waals surface area contributed by atoms with E-state index in [0.29, 0.717) is 16.4 Å². The quantitative estimate of drug-likeness (QED) is 0.674. The number of nitrogens with two attached hydrogens (primary N) is 1. The third-order valence-electron chi connectivity index (χ3n) is 1.20. The molecule has 0 fully saturated rings. The van der Waals surface area contributed by atoms with Crippen molar-refractivity contribution in [3.8, 4) is 0 Å². The van der Waals surface area contributed by atoms with E-state index in [0.717, 1.165) is 0 Å². The van der Waals surface area contributed by atoms with E-state index in [1.54, 1.807) is 24.7 Å². The smallest absolute Gasteiger partial charge is 0.235 e. The summed E-state index contributed by atoms with van der Waals surface area (Å²) in [5.41, 5.74) is 6.43. The largest absolute Gasteiger partial charge is 0.375 e. The van der Waals surface area contributed by atoms with E-state index in [4.69, 9.17) is 5.73 Å². The average molecular weight is 167 g/mol. The zero-order valence-corrected chi connectivity index (χ0v) is 6.81. The number of hydrogen-bond acceptors (Lipinski definition) is 4. The highest BCUT2D eigenvalue weighted by molar-refractivity contribution is 7.13. The van der Waals surface area contributed by atoms with Crippen molar-refractivity contribution in [3.63, 3.8) is 0 Å². The maximum Gasteiger partial charge on any atom is 0.235 e. The molecule has 1 aromatic heterocycles. The minimum Gasteiger partial charge on any atom is -0.375 e. The number of nitrogen functional groups attached to an aromatic ring is 1. The van der Waals surface area contributed by atoms with E-state index in [9.17, 15) is 4.79 Å². The molecule has 1 rings (SSSR count). The van der Waals surface area contributed by atoms with Crippen LogP contribution >= 0.6 is 11.3 Å². The fourth-order valence-electron chi connectivity index (χ4n) is 0.670. The maximum atomic E-state index is 10.3. The summed E-state index contributed by atoms with van der Waals surface area (Å²) in [7, 11) is 0. The van der Waals surface area contributed by atoms with Crippen molar-refractivity contribution in [3.05, 3.63) is 17.2 Å². The van der Waals surface area contributed by atoms with Gasteiger partial charge in [-0.05, 0) is 6.92 Å². The van der Waals surface area contributed by atoms with Crippen LogP contribution in [0.3, 0.4) is 0 Å². The van der Waals surface area contributed by atoms with Crippen molar-refractivity contribution in [1.82, 2.24) is 4.98 Å². The lowest BCUT2D eigenvalue weighted by Crippen LogP contribution is -1.87. The first-order chi connectivity index (χ1) is 5.27. The van der Waals surface area contributed by atoms with Crippen LogP contribution < -0.4 is 5.73 Å². The Kier molecular flexibility index (Phi) is 2.38. The third kappa shape index (κ3) is 1.65. The van der Waals surface area contributed by atoms with Gasteiger partial charge in [-0.1, -0.05) is 6.08 Å². The highest BCUT2D eigenvalue weighted by Gasteiger charge is 2.03. The zero-order valence-electron chi connectivity index (χ0n) is 6.00. The third-order valence-corrected chi connectivity index (χ3v) is 1.87. The Balaban J connectivity index is 3.00. The average Bonchev–Trinajstić information content (AvgIpc) is 2.39. The lowest BCUT2D eigenvalue weighted by atomic mass is 10.2. The minimum atomic E-state index is 0.456. The van der Waals surface area contributed by atoms with Gasteiger partial charge in [0.05, 0.1) is 5.69 Å². The molecule has 0 amide bonds.